The van der Waals surface area contributed by atoms with Crippen molar-refractivity contribution in [1.29, 1.82) is 0 Å². The van der Waals surface area contributed by atoms with Crippen molar-refractivity contribution in [3.8, 4) is 0 Å². The number of carboxylic acids is 2. The van der Waals surface area contributed by atoms with Gasteiger partial charge in [-0.2, -0.15) is 0 Å². The fourth-order valence-electron chi connectivity index (χ4n) is 1.05. The molecule has 96 valence electrons. The lowest BCUT2D eigenvalue weighted by Gasteiger charge is -1.89. The SMILES string of the molecule is CCCCCC(=O)O.CCCCCC(=O)O. The molecule has 0 aliphatic rings. The Morgan fingerprint density at radius 2 is 1.06 bits per heavy atom. The highest BCUT2D eigenvalue weighted by Crippen LogP contribution is 1.97. The molecule has 4 heteroatoms. The Morgan fingerprint density at radius 1 is 0.750 bits per heavy atom. The molecule has 0 aromatic heterocycles. The van der Waals surface area contributed by atoms with Crippen LogP contribution < -0.4 is 0 Å². The van der Waals surface area contributed by atoms with Crippen LogP contribution >= 0.6 is 0 Å². The largest absolute Gasteiger partial charge is 0.481 e. The summed E-state index contributed by atoms with van der Waals surface area (Å²) in [6.07, 6.45) is 6.55. The molecule has 4 nitrogen and oxygen atoms in total. The molecule has 0 bridgehead atoms. The van der Waals surface area contributed by atoms with Crippen LogP contribution in [0.3, 0.4) is 0 Å². The molecule has 0 fully saturated rings. The smallest absolute Gasteiger partial charge is 0.303 e. The zero-order valence-electron chi connectivity index (χ0n) is 10.4. The van der Waals surface area contributed by atoms with Gasteiger partial charge in [0.2, 0.25) is 0 Å². The van der Waals surface area contributed by atoms with Gasteiger partial charge < -0.3 is 10.2 Å². The number of hydrogen-bond acceptors (Lipinski definition) is 2. The van der Waals surface area contributed by atoms with Crippen LogP contribution in [0.2, 0.25) is 0 Å². The standard InChI is InChI=1S/2C6H12O2/c2*1-2-3-4-5-6(7)8/h2*2-5H2,1H3,(H,7,8). The van der Waals surface area contributed by atoms with Crippen LogP contribution in [-0.2, 0) is 9.59 Å². The minimum absolute atomic E-state index is 0.327. The second-order valence-corrected chi connectivity index (χ2v) is 3.70. The van der Waals surface area contributed by atoms with Gasteiger partial charge in [-0.05, 0) is 12.8 Å². The first-order valence-corrected chi connectivity index (χ1v) is 5.98. The molecular formula is C12H24O4. The molecule has 0 saturated carbocycles. The number of unbranched alkanes of at least 4 members (excludes halogenated alkanes) is 4. The predicted octanol–water partition coefficient (Wildman–Crippen LogP) is 3.30. The Bertz CT molecular complexity index is 158. The van der Waals surface area contributed by atoms with E-state index in [9.17, 15) is 9.59 Å². The molecule has 0 amide bonds. The average Bonchev–Trinajstić information content (AvgIpc) is 2.18. The first kappa shape index (κ1) is 17.3. The maximum absolute atomic E-state index is 9.87. The summed E-state index contributed by atoms with van der Waals surface area (Å²) in [6, 6.07) is 0. The maximum atomic E-state index is 9.87. The third-order valence-electron chi connectivity index (χ3n) is 1.99. The summed E-state index contributed by atoms with van der Waals surface area (Å²) in [5.74, 6) is -1.36. The van der Waals surface area contributed by atoms with E-state index in [1.807, 2.05) is 0 Å². The molecule has 16 heavy (non-hydrogen) atoms. The lowest BCUT2D eigenvalue weighted by Crippen LogP contribution is -1.92. The lowest BCUT2D eigenvalue weighted by atomic mass is 10.2. The first-order chi connectivity index (χ1) is 7.54. The van der Waals surface area contributed by atoms with Crippen LogP contribution in [0.5, 0.6) is 0 Å². The van der Waals surface area contributed by atoms with Crippen molar-refractivity contribution in [1.82, 2.24) is 0 Å². The summed E-state index contributed by atoms with van der Waals surface area (Å²) in [7, 11) is 0. The van der Waals surface area contributed by atoms with E-state index in [-0.39, 0.29) is 0 Å². The van der Waals surface area contributed by atoms with Crippen molar-refractivity contribution in [3.63, 3.8) is 0 Å². The summed E-state index contributed by atoms with van der Waals surface area (Å²) in [4.78, 5) is 19.7. The predicted molar refractivity (Wildman–Crippen MR) is 63.6 cm³/mol. The zero-order valence-corrected chi connectivity index (χ0v) is 10.4. The van der Waals surface area contributed by atoms with E-state index in [1.165, 1.54) is 0 Å². The van der Waals surface area contributed by atoms with Crippen LogP contribution in [0.1, 0.15) is 65.2 Å². The van der Waals surface area contributed by atoms with Crippen molar-refractivity contribution in [2.24, 2.45) is 0 Å². The van der Waals surface area contributed by atoms with Crippen LogP contribution in [-0.4, -0.2) is 22.2 Å². The van der Waals surface area contributed by atoms with E-state index in [2.05, 4.69) is 13.8 Å². The highest BCUT2D eigenvalue weighted by Gasteiger charge is 1.93. The van der Waals surface area contributed by atoms with E-state index in [4.69, 9.17) is 10.2 Å². The van der Waals surface area contributed by atoms with Gasteiger partial charge in [-0.3, -0.25) is 9.59 Å². The summed E-state index contributed by atoms with van der Waals surface area (Å²) in [6.45, 7) is 4.11. The quantitative estimate of drug-likeness (QED) is 0.630. The number of hydrogen-bond donors (Lipinski definition) is 2. The van der Waals surface area contributed by atoms with Gasteiger partial charge in [-0.15, -0.1) is 0 Å². The van der Waals surface area contributed by atoms with Crippen LogP contribution in [0.15, 0.2) is 0 Å². The highest BCUT2D eigenvalue weighted by atomic mass is 16.4. The Hall–Kier alpha value is -1.06. The van der Waals surface area contributed by atoms with Gasteiger partial charge in [0.25, 0.3) is 0 Å². The second-order valence-electron chi connectivity index (χ2n) is 3.70. The topological polar surface area (TPSA) is 74.6 Å². The molecule has 0 heterocycles. The van der Waals surface area contributed by atoms with Gasteiger partial charge in [0, 0.05) is 12.8 Å². The van der Waals surface area contributed by atoms with Crippen LogP contribution in [0.25, 0.3) is 0 Å². The third kappa shape index (κ3) is 23.1. The third-order valence-corrected chi connectivity index (χ3v) is 1.99. The Balaban J connectivity index is 0. The van der Waals surface area contributed by atoms with E-state index >= 15 is 0 Å². The molecule has 0 atom stereocenters. The number of carbonyl (C=O) groups is 2. The van der Waals surface area contributed by atoms with Gasteiger partial charge in [-0.1, -0.05) is 39.5 Å². The lowest BCUT2D eigenvalue weighted by molar-refractivity contribution is -0.138. The molecule has 0 rings (SSSR count). The van der Waals surface area contributed by atoms with Gasteiger partial charge in [0.05, 0.1) is 0 Å². The van der Waals surface area contributed by atoms with E-state index < -0.39 is 11.9 Å². The minimum Gasteiger partial charge on any atom is -0.481 e. The van der Waals surface area contributed by atoms with Crippen molar-refractivity contribution in [2.45, 2.75) is 65.2 Å². The van der Waals surface area contributed by atoms with Crippen molar-refractivity contribution < 1.29 is 19.8 Å². The van der Waals surface area contributed by atoms with Gasteiger partial charge in [0.15, 0.2) is 0 Å². The molecule has 0 aliphatic carbocycles. The molecular weight excluding hydrogens is 208 g/mol. The van der Waals surface area contributed by atoms with E-state index in [0.29, 0.717) is 12.8 Å². The van der Waals surface area contributed by atoms with Gasteiger partial charge in [-0.25, -0.2) is 0 Å². The van der Waals surface area contributed by atoms with Crippen molar-refractivity contribution >= 4 is 11.9 Å². The summed E-state index contributed by atoms with van der Waals surface area (Å²) in [5, 5.41) is 16.3. The molecule has 0 saturated heterocycles. The normalized spacial score (nSPS) is 9.12. The van der Waals surface area contributed by atoms with Crippen molar-refractivity contribution in [2.75, 3.05) is 0 Å². The molecule has 0 radical (unpaired) electrons. The minimum atomic E-state index is -0.682. The average molecular weight is 232 g/mol. The zero-order chi connectivity index (χ0) is 12.8. The van der Waals surface area contributed by atoms with E-state index in [1.54, 1.807) is 0 Å². The van der Waals surface area contributed by atoms with E-state index in [0.717, 1.165) is 38.5 Å². The van der Waals surface area contributed by atoms with Gasteiger partial charge in [0.1, 0.15) is 0 Å². The fraction of sp³-hybridized carbons (Fsp3) is 0.833. The summed E-state index contributed by atoms with van der Waals surface area (Å²) >= 11 is 0. The van der Waals surface area contributed by atoms with Gasteiger partial charge >= 0.3 is 11.9 Å². The Morgan fingerprint density at radius 3 is 1.25 bits per heavy atom. The maximum Gasteiger partial charge on any atom is 0.303 e. The number of carboxylic acid groups (broad SMARTS) is 2. The Kier molecular flexibility index (Phi) is 15.1. The Labute approximate surface area is 97.7 Å². The number of rotatable bonds is 8. The second kappa shape index (κ2) is 13.9. The molecule has 0 aromatic rings. The fourth-order valence-corrected chi connectivity index (χ4v) is 1.05. The molecule has 2 N–H and O–H groups in total. The molecule has 0 unspecified atom stereocenters. The monoisotopic (exact) mass is 232 g/mol. The molecule has 0 aromatic carbocycles. The van der Waals surface area contributed by atoms with Crippen molar-refractivity contribution in [3.05, 3.63) is 0 Å². The highest BCUT2D eigenvalue weighted by molar-refractivity contribution is 5.66. The molecule has 0 spiro atoms. The van der Waals surface area contributed by atoms with Crippen LogP contribution in [0, 0.1) is 0 Å². The molecule has 0 aliphatic heterocycles. The summed E-state index contributed by atoms with van der Waals surface area (Å²) in [5.41, 5.74) is 0. The number of aliphatic carboxylic acids is 2. The van der Waals surface area contributed by atoms with Crippen LogP contribution in [0.4, 0.5) is 0 Å². The summed E-state index contributed by atoms with van der Waals surface area (Å²) < 4.78 is 0. The first-order valence-electron chi connectivity index (χ1n) is 5.98.